The minimum atomic E-state index is -0.492. The Bertz CT molecular complexity index is 1530. The third-order valence-electron chi connectivity index (χ3n) is 6.10. The van der Waals surface area contributed by atoms with Crippen LogP contribution in [0.1, 0.15) is 18.5 Å². The van der Waals surface area contributed by atoms with Gasteiger partial charge in [-0.1, -0.05) is 6.07 Å². The smallest absolute Gasteiger partial charge is 0.326 e. The van der Waals surface area contributed by atoms with Crippen LogP contribution in [-0.4, -0.2) is 66.9 Å². The summed E-state index contributed by atoms with van der Waals surface area (Å²) in [4.78, 5) is 35.0. The zero-order chi connectivity index (χ0) is 23.2. The number of imidazole rings is 1. The van der Waals surface area contributed by atoms with Crippen molar-refractivity contribution in [3.8, 4) is 5.88 Å². The van der Waals surface area contributed by atoms with Gasteiger partial charge in [0.15, 0.2) is 17.0 Å². The van der Waals surface area contributed by atoms with Gasteiger partial charge in [-0.15, -0.1) is 0 Å². The molecule has 1 aliphatic heterocycles. The van der Waals surface area contributed by atoms with Gasteiger partial charge in [-0.05, 0) is 31.1 Å². The average Bonchev–Trinajstić information content (AvgIpc) is 3.50. The fraction of sp³-hybridized carbons (Fsp3) is 0.318. The predicted molar refractivity (Wildman–Crippen MR) is 127 cm³/mol. The van der Waals surface area contributed by atoms with Gasteiger partial charge in [-0.25, -0.2) is 14.8 Å². The number of fused-ring (bicyclic) bond motifs is 1. The number of aromatic hydroxyl groups is 1. The monoisotopic (exact) mass is 460 g/mol. The van der Waals surface area contributed by atoms with Crippen LogP contribution in [0.25, 0.3) is 11.7 Å². The summed E-state index contributed by atoms with van der Waals surface area (Å²) in [6, 6.07) is 6.15. The topological polar surface area (TPSA) is 157 Å². The van der Waals surface area contributed by atoms with Gasteiger partial charge in [0, 0.05) is 37.6 Å². The van der Waals surface area contributed by atoms with Crippen molar-refractivity contribution < 1.29 is 5.11 Å². The molecule has 0 spiro atoms. The van der Waals surface area contributed by atoms with E-state index in [2.05, 4.69) is 29.9 Å². The van der Waals surface area contributed by atoms with E-state index < -0.39 is 5.69 Å². The van der Waals surface area contributed by atoms with Gasteiger partial charge < -0.3 is 25.6 Å². The highest BCUT2D eigenvalue weighted by Gasteiger charge is 2.25. The number of nitrogen functional groups attached to an aromatic ring is 1. The Hall–Kier alpha value is -4.35. The summed E-state index contributed by atoms with van der Waals surface area (Å²) in [7, 11) is 0. The molecule has 5 N–H and O–H groups in total. The number of nitrogens with two attached hydrogens (primary N) is 1. The Labute approximate surface area is 193 Å². The summed E-state index contributed by atoms with van der Waals surface area (Å²) >= 11 is 0. The molecule has 0 radical (unpaired) electrons. The fourth-order valence-electron chi connectivity index (χ4n) is 4.18. The maximum atomic E-state index is 11.5. The Morgan fingerprint density at radius 1 is 1.15 bits per heavy atom. The highest BCUT2D eigenvalue weighted by molar-refractivity contribution is 5.67. The van der Waals surface area contributed by atoms with Crippen molar-refractivity contribution >= 4 is 29.0 Å². The molecule has 4 aromatic rings. The van der Waals surface area contributed by atoms with Crippen LogP contribution in [0.15, 0.2) is 40.4 Å². The number of anilines is 3. The van der Waals surface area contributed by atoms with E-state index >= 15 is 0 Å². The molecule has 5 heterocycles. The number of pyridine rings is 1. The molecule has 174 valence electrons. The van der Waals surface area contributed by atoms with Crippen molar-refractivity contribution in [2.24, 2.45) is 4.99 Å². The van der Waals surface area contributed by atoms with Crippen molar-refractivity contribution in [1.29, 1.82) is 0 Å². The standard InChI is InChI=1S/C22H24N10O2/c23-17-19(31-9-7-30(8-10-31)16-3-1-2-6-24-16)28-18-13(11-15-21(33)29-22(34)27-15)12-25-32(18)20(17)26-14-4-5-14/h1-3,6,11-12,14,33H,4-5,7-10,23H2,(H2,27,29,34). The lowest BCUT2D eigenvalue weighted by Crippen LogP contribution is -2.48. The Morgan fingerprint density at radius 2 is 1.94 bits per heavy atom. The van der Waals surface area contributed by atoms with Crippen LogP contribution in [-0.2, 0) is 0 Å². The van der Waals surface area contributed by atoms with Crippen molar-refractivity contribution in [3.63, 3.8) is 0 Å². The predicted octanol–water partition coefficient (Wildman–Crippen LogP) is -0.634. The minimum absolute atomic E-state index is 0.239. The summed E-state index contributed by atoms with van der Waals surface area (Å²) < 4.78 is 1.63. The highest BCUT2D eigenvalue weighted by Crippen LogP contribution is 2.25. The van der Waals surface area contributed by atoms with Gasteiger partial charge in [0.1, 0.15) is 17.2 Å². The molecule has 34 heavy (non-hydrogen) atoms. The minimum Gasteiger partial charge on any atom is -0.493 e. The number of nitrogens with zero attached hydrogens (tertiary/aromatic N) is 7. The molecule has 6 rings (SSSR count). The average molecular weight is 461 g/mol. The zero-order valence-electron chi connectivity index (χ0n) is 18.3. The summed E-state index contributed by atoms with van der Waals surface area (Å²) in [5.74, 6) is 1.37. The van der Waals surface area contributed by atoms with Crippen LogP contribution in [0.4, 0.5) is 17.3 Å². The van der Waals surface area contributed by atoms with Crippen LogP contribution >= 0.6 is 0 Å². The van der Waals surface area contributed by atoms with Gasteiger partial charge in [-0.2, -0.15) is 9.61 Å². The normalized spacial score (nSPS) is 17.8. The Kier molecular flexibility index (Phi) is 4.71. The molecular weight excluding hydrogens is 436 g/mol. The molecule has 2 aliphatic rings. The van der Waals surface area contributed by atoms with E-state index in [1.165, 1.54) is 0 Å². The molecule has 0 bridgehead atoms. The van der Waals surface area contributed by atoms with Crippen LogP contribution < -0.4 is 31.9 Å². The number of hydrogen-bond acceptors (Lipinski definition) is 9. The third-order valence-corrected chi connectivity index (χ3v) is 6.10. The first-order chi connectivity index (χ1) is 16.6. The summed E-state index contributed by atoms with van der Waals surface area (Å²) in [5, 5.41) is 15.1. The summed E-state index contributed by atoms with van der Waals surface area (Å²) in [6.45, 7) is 3.03. The summed E-state index contributed by atoms with van der Waals surface area (Å²) in [5.41, 5.74) is 8.00. The van der Waals surface area contributed by atoms with Gasteiger partial charge in [-0.3, -0.25) is 9.98 Å². The molecular formula is C22H24N10O2. The van der Waals surface area contributed by atoms with Crippen LogP contribution in [0, 0.1) is 0 Å². The number of rotatable bonds is 4. The molecule has 1 saturated heterocycles. The second kappa shape index (κ2) is 7.90. The van der Waals surface area contributed by atoms with E-state index in [9.17, 15) is 9.90 Å². The molecule has 4 aromatic heterocycles. The first-order valence-electron chi connectivity index (χ1n) is 11.2. The first-order valence-corrected chi connectivity index (χ1v) is 11.2. The molecule has 12 nitrogen and oxygen atoms in total. The van der Waals surface area contributed by atoms with Gasteiger partial charge in [0.25, 0.3) is 0 Å². The number of aromatic amines is 2. The lowest BCUT2D eigenvalue weighted by atomic mass is 10.2. The van der Waals surface area contributed by atoms with Crippen molar-refractivity contribution in [3.05, 3.63) is 57.5 Å². The first kappa shape index (κ1) is 20.3. The molecule has 0 atom stereocenters. The van der Waals surface area contributed by atoms with E-state index in [1.807, 2.05) is 18.2 Å². The van der Waals surface area contributed by atoms with Crippen molar-refractivity contribution in [2.75, 3.05) is 41.7 Å². The zero-order valence-corrected chi connectivity index (χ0v) is 18.3. The molecule has 0 amide bonds. The number of H-pyrrole nitrogens is 2. The van der Waals surface area contributed by atoms with E-state index in [0.717, 1.165) is 44.8 Å². The number of aromatic nitrogens is 6. The SMILES string of the molecule is Nc1c(N2CCN(c3ccccn3)CC2)nc2c(=Cc3[nH]c(=O)[nH]c3O)cnn2c1=NC1CC1. The lowest BCUT2D eigenvalue weighted by Gasteiger charge is -2.36. The lowest BCUT2D eigenvalue weighted by molar-refractivity contribution is 0.454. The molecule has 0 aromatic carbocycles. The van der Waals surface area contributed by atoms with E-state index in [4.69, 9.17) is 15.7 Å². The second-order valence-corrected chi connectivity index (χ2v) is 8.52. The van der Waals surface area contributed by atoms with E-state index in [0.29, 0.717) is 27.9 Å². The number of nitrogens with one attached hydrogen (secondary N) is 2. The molecule has 2 fully saturated rings. The molecule has 12 heteroatoms. The highest BCUT2D eigenvalue weighted by atomic mass is 16.3. The largest absolute Gasteiger partial charge is 0.493 e. The van der Waals surface area contributed by atoms with Gasteiger partial charge in [0.2, 0.25) is 5.88 Å². The van der Waals surface area contributed by atoms with E-state index in [1.54, 1.807) is 23.0 Å². The van der Waals surface area contributed by atoms with Gasteiger partial charge in [0.05, 0.1) is 12.2 Å². The van der Waals surface area contributed by atoms with Crippen molar-refractivity contribution in [2.45, 2.75) is 18.9 Å². The Morgan fingerprint density at radius 3 is 2.62 bits per heavy atom. The van der Waals surface area contributed by atoms with Crippen LogP contribution in [0.5, 0.6) is 5.88 Å². The second-order valence-electron chi connectivity index (χ2n) is 8.52. The van der Waals surface area contributed by atoms with E-state index in [-0.39, 0.29) is 17.6 Å². The van der Waals surface area contributed by atoms with Gasteiger partial charge >= 0.3 is 5.69 Å². The van der Waals surface area contributed by atoms with Crippen molar-refractivity contribution in [1.82, 2.24) is 29.5 Å². The number of piperazine rings is 1. The maximum Gasteiger partial charge on any atom is 0.326 e. The Balaban J connectivity index is 1.43. The maximum absolute atomic E-state index is 11.5. The summed E-state index contributed by atoms with van der Waals surface area (Å²) in [6.07, 6.45) is 7.11. The quantitative estimate of drug-likeness (QED) is 0.313. The fourth-order valence-corrected chi connectivity index (χ4v) is 4.18. The van der Waals surface area contributed by atoms with Crippen LogP contribution in [0.2, 0.25) is 0 Å². The third kappa shape index (κ3) is 3.62. The molecule has 1 saturated carbocycles. The molecule has 1 aliphatic carbocycles. The number of hydrogen-bond donors (Lipinski definition) is 4. The van der Waals surface area contributed by atoms with Crippen LogP contribution in [0.3, 0.4) is 0 Å². The molecule has 0 unspecified atom stereocenters.